The van der Waals surface area contributed by atoms with Gasteiger partial charge in [-0.25, -0.2) is 4.98 Å². The third-order valence-electron chi connectivity index (χ3n) is 4.59. The number of nitrogens with one attached hydrogen (secondary N) is 1. The molecular formula is C20H25Cl2N5O. The predicted molar refractivity (Wildman–Crippen MR) is 114 cm³/mol. The summed E-state index contributed by atoms with van der Waals surface area (Å²) in [4.78, 5) is 16.4. The smallest absolute Gasteiger partial charge is 0.204 e. The van der Waals surface area contributed by atoms with Crippen LogP contribution in [0.2, 0.25) is 10.0 Å². The lowest BCUT2D eigenvalue weighted by molar-refractivity contribution is -0.119. The summed E-state index contributed by atoms with van der Waals surface area (Å²) in [6.07, 6.45) is 4.21. The fourth-order valence-corrected chi connectivity index (χ4v) is 3.59. The number of hydrogen-bond donors (Lipinski definition) is 1. The van der Waals surface area contributed by atoms with Gasteiger partial charge in [0.25, 0.3) is 0 Å². The Labute approximate surface area is 174 Å². The molecular weight excluding hydrogens is 397 g/mol. The van der Waals surface area contributed by atoms with Crippen LogP contribution in [0.1, 0.15) is 51.8 Å². The summed E-state index contributed by atoms with van der Waals surface area (Å²) in [5, 5.41) is 12.7. The maximum atomic E-state index is 11.8. The second-order valence-electron chi connectivity index (χ2n) is 7.50. The molecule has 8 heteroatoms. The van der Waals surface area contributed by atoms with Gasteiger partial charge in [-0.1, -0.05) is 43.5 Å². The molecule has 0 fully saturated rings. The Morgan fingerprint density at radius 2 is 1.89 bits per heavy atom. The molecule has 0 saturated heterocycles. The quantitative estimate of drug-likeness (QED) is 0.463. The van der Waals surface area contributed by atoms with Crippen molar-refractivity contribution in [1.82, 2.24) is 19.6 Å². The van der Waals surface area contributed by atoms with E-state index in [1.807, 2.05) is 11.3 Å². The first-order chi connectivity index (χ1) is 13.4. The van der Waals surface area contributed by atoms with Crippen molar-refractivity contribution in [1.29, 1.82) is 0 Å². The molecule has 0 aliphatic heterocycles. The van der Waals surface area contributed by atoms with E-state index in [1.54, 1.807) is 12.1 Å². The monoisotopic (exact) mass is 421 g/mol. The molecule has 0 radical (unpaired) electrons. The van der Waals surface area contributed by atoms with Crippen LogP contribution in [0.4, 0.5) is 5.82 Å². The number of halogens is 2. The van der Waals surface area contributed by atoms with Crippen LogP contribution in [0.5, 0.6) is 0 Å². The Hall–Kier alpha value is -1.92. The molecule has 2 heterocycles. The Kier molecular flexibility index (Phi) is 6.73. The van der Waals surface area contributed by atoms with Crippen molar-refractivity contribution in [2.24, 2.45) is 5.92 Å². The van der Waals surface area contributed by atoms with Gasteiger partial charge in [0.2, 0.25) is 5.65 Å². The van der Waals surface area contributed by atoms with Crippen LogP contribution in [0.25, 0.3) is 16.7 Å². The van der Waals surface area contributed by atoms with Gasteiger partial charge in [-0.15, -0.1) is 10.2 Å². The maximum Gasteiger partial charge on any atom is 0.204 e. The van der Waals surface area contributed by atoms with Crippen LogP contribution in [0.3, 0.4) is 0 Å². The fourth-order valence-electron chi connectivity index (χ4n) is 3.28. The Morgan fingerprint density at radius 1 is 1.14 bits per heavy atom. The van der Waals surface area contributed by atoms with Gasteiger partial charge in [-0.2, -0.15) is 0 Å². The summed E-state index contributed by atoms with van der Waals surface area (Å²) in [5.74, 6) is 2.22. The molecule has 0 atom stereocenters. The van der Waals surface area contributed by atoms with E-state index in [2.05, 4.69) is 34.3 Å². The van der Waals surface area contributed by atoms with Crippen LogP contribution in [-0.4, -0.2) is 31.9 Å². The van der Waals surface area contributed by atoms with Gasteiger partial charge in [0.15, 0.2) is 5.82 Å². The molecule has 1 N–H and O–H groups in total. The normalized spacial score (nSPS) is 11.6. The van der Waals surface area contributed by atoms with E-state index < -0.39 is 0 Å². The number of anilines is 1. The molecule has 3 aromatic rings. The topological polar surface area (TPSA) is 72.2 Å². The molecule has 6 nitrogen and oxygen atoms in total. The Morgan fingerprint density at radius 3 is 2.64 bits per heavy atom. The number of aryl methyl sites for hydroxylation is 1. The zero-order valence-corrected chi connectivity index (χ0v) is 17.9. The second-order valence-corrected chi connectivity index (χ2v) is 8.31. The van der Waals surface area contributed by atoms with Gasteiger partial charge in [0, 0.05) is 19.4 Å². The minimum atomic E-state index is 0.357. The fraction of sp³-hybridized carbons (Fsp3) is 0.500. The lowest BCUT2D eigenvalue weighted by Gasteiger charge is -2.10. The third kappa shape index (κ3) is 4.73. The van der Waals surface area contributed by atoms with Crippen LogP contribution in [0, 0.1) is 12.8 Å². The molecule has 2 aromatic heterocycles. The SMILES string of the molecule is Cc1nnc2c(NCCCCCC(=O)CC(C)C)nc3cc(Cl)c(Cl)cc3n12. The number of aromatic nitrogens is 4. The Balaban J connectivity index is 1.66. The number of carbonyl (C=O) groups is 1. The largest absolute Gasteiger partial charge is 0.367 e. The van der Waals surface area contributed by atoms with Gasteiger partial charge < -0.3 is 5.32 Å². The van der Waals surface area contributed by atoms with Gasteiger partial charge in [-0.3, -0.25) is 9.20 Å². The van der Waals surface area contributed by atoms with Crippen molar-refractivity contribution >= 4 is 51.5 Å². The number of unbranched alkanes of at least 4 members (excludes halogenated alkanes) is 2. The number of carbonyl (C=O) groups excluding carboxylic acids is 1. The maximum absolute atomic E-state index is 11.8. The van der Waals surface area contributed by atoms with E-state index in [1.165, 1.54) is 0 Å². The van der Waals surface area contributed by atoms with Crippen molar-refractivity contribution in [2.45, 2.75) is 52.9 Å². The molecule has 0 unspecified atom stereocenters. The van der Waals surface area contributed by atoms with Crippen LogP contribution < -0.4 is 5.32 Å². The van der Waals surface area contributed by atoms with Crippen molar-refractivity contribution in [3.8, 4) is 0 Å². The molecule has 3 rings (SSSR count). The number of fused-ring (bicyclic) bond motifs is 3. The average Bonchev–Trinajstić information content (AvgIpc) is 3.01. The van der Waals surface area contributed by atoms with Crippen LogP contribution >= 0.6 is 23.2 Å². The van der Waals surface area contributed by atoms with Crippen molar-refractivity contribution in [3.63, 3.8) is 0 Å². The van der Waals surface area contributed by atoms with Crippen molar-refractivity contribution in [2.75, 3.05) is 11.9 Å². The number of ketones is 1. The zero-order chi connectivity index (χ0) is 20.3. The first-order valence-electron chi connectivity index (χ1n) is 9.63. The number of hydrogen-bond acceptors (Lipinski definition) is 5. The number of rotatable bonds is 9. The lowest BCUT2D eigenvalue weighted by atomic mass is 10.0. The summed E-state index contributed by atoms with van der Waals surface area (Å²) in [7, 11) is 0. The highest BCUT2D eigenvalue weighted by molar-refractivity contribution is 6.42. The highest BCUT2D eigenvalue weighted by Crippen LogP contribution is 2.29. The zero-order valence-electron chi connectivity index (χ0n) is 16.4. The Bertz CT molecular complexity index is 999. The molecule has 0 saturated carbocycles. The highest BCUT2D eigenvalue weighted by atomic mass is 35.5. The van der Waals surface area contributed by atoms with E-state index >= 15 is 0 Å². The van der Waals surface area contributed by atoms with Crippen molar-refractivity contribution in [3.05, 3.63) is 28.0 Å². The molecule has 28 heavy (non-hydrogen) atoms. The number of benzene rings is 1. The standard InChI is InChI=1S/C20H25Cl2N5O/c1-12(2)9-14(28)7-5-4-6-8-23-19-20-26-25-13(3)27(20)18-11-16(22)15(21)10-17(18)24-19/h10-12H,4-9H2,1-3H3,(H,23,24). The van der Waals surface area contributed by atoms with Gasteiger partial charge >= 0.3 is 0 Å². The van der Waals surface area contributed by atoms with E-state index in [4.69, 9.17) is 23.2 Å². The molecule has 150 valence electrons. The molecule has 1 aromatic carbocycles. The second kappa shape index (κ2) is 9.05. The predicted octanol–water partition coefficient (Wildman–Crippen LogP) is 5.48. The van der Waals surface area contributed by atoms with Gasteiger partial charge in [0.05, 0.1) is 21.1 Å². The molecule has 0 spiro atoms. The molecule has 0 amide bonds. The summed E-state index contributed by atoms with van der Waals surface area (Å²) in [5.41, 5.74) is 2.21. The minimum absolute atomic E-state index is 0.357. The highest BCUT2D eigenvalue weighted by Gasteiger charge is 2.14. The van der Waals surface area contributed by atoms with E-state index in [0.29, 0.717) is 46.1 Å². The molecule has 0 aliphatic rings. The first-order valence-corrected chi connectivity index (χ1v) is 10.4. The molecule has 0 bridgehead atoms. The summed E-state index contributed by atoms with van der Waals surface area (Å²) >= 11 is 12.3. The summed E-state index contributed by atoms with van der Waals surface area (Å²) in [6.45, 7) is 6.79. The minimum Gasteiger partial charge on any atom is -0.367 e. The summed E-state index contributed by atoms with van der Waals surface area (Å²) in [6, 6.07) is 3.54. The van der Waals surface area contributed by atoms with E-state index in [9.17, 15) is 4.79 Å². The lowest BCUT2D eigenvalue weighted by Crippen LogP contribution is -2.07. The number of Topliss-reactive ketones (excluding diaryl/α,β-unsaturated/α-hetero) is 1. The van der Waals surface area contributed by atoms with Crippen LogP contribution in [0.15, 0.2) is 12.1 Å². The number of nitrogens with zero attached hydrogens (tertiary/aromatic N) is 4. The summed E-state index contributed by atoms with van der Waals surface area (Å²) < 4.78 is 1.93. The van der Waals surface area contributed by atoms with Crippen molar-refractivity contribution < 1.29 is 4.79 Å². The first kappa shape index (κ1) is 20.8. The third-order valence-corrected chi connectivity index (χ3v) is 5.31. The van der Waals surface area contributed by atoms with E-state index in [-0.39, 0.29) is 0 Å². The average molecular weight is 422 g/mol. The van der Waals surface area contributed by atoms with E-state index in [0.717, 1.165) is 42.7 Å². The van der Waals surface area contributed by atoms with Gasteiger partial charge in [-0.05, 0) is 37.8 Å². The van der Waals surface area contributed by atoms with Crippen LogP contribution in [-0.2, 0) is 4.79 Å². The van der Waals surface area contributed by atoms with Gasteiger partial charge in [0.1, 0.15) is 11.6 Å². The molecule has 0 aliphatic carbocycles.